The first-order valence-electron chi connectivity index (χ1n) is 6.43. The molecule has 1 aliphatic heterocycles. The van der Waals surface area contributed by atoms with Crippen molar-refractivity contribution < 1.29 is 4.74 Å². The largest absolute Gasteiger partial charge is 0.376 e. The fraction of sp³-hybridized carbons (Fsp3) is 0.538. The molecular weight excluding hydrogens is 228 g/mol. The Balaban J connectivity index is 1.77. The molecule has 0 bridgehead atoms. The number of pyridine rings is 1. The molecule has 2 aromatic rings. The van der Waals surface area contributed by atoms with Crippen LogP contribution in [-0.4, -0.2) is 33.4 Å². The Morgan fingerprint density at radius 2 is 2.44 bits per heavy atom. The maximum Gasteiger partial charge on any atom is 0.243 e. The summed E-state index contributed by atoms with van der Waals surface area (Å²) >= 11 is 0. The molecule has 2 aromatic heterocycles. The van der Waals surface area contributed by atoms with E-state index >= 15 is 0 Å². The number of rotatable bonds is 3. The zero-order valence-electron chi connectivity index (χ0n) is 10.8. The Morgan fingerprint density at radius 3 is 3.22 bits per heavy atom. The topological polar surface area (TPSA) is 51.5 Å². The second-order valence-corrected chi connectivity index (χ2v) is 4.93. The highest BCUT2D eigenvalue weighted by Gasteiger charge is 2.23. The van der Waals surface area contributed by atoms with Crippen molar-refractivity contribution in [2.75, 3.05) is 11.9 Å². The average molecular weight is 246 g/mol. The Bertz CT molecular complexity index is 545. The molecule has 3 rings (SSSR count). The van der Waals surface area contributed by atoms with Crippen LogP contribution in [-0.2, 0) is 4.74 Å². The lowest BCUT2D eigenvalue weighted by atomic mass is 10.1. The summed E-state index contributed by atoms with van der Waals surface area (Å²) in [7, 11) is 0. The van der Waals surface area contributed by atoms with Gasteiger partial charge in [-0.1, -0.05) is 0 Å². The van der Waals surface area contributed by atoms with Crippen molar-refractivity contribution in [1.29, 1.82) is 0 Å². The van der Waals surface area contributed by atoms with Crippen LogP contribution in [0.2, 0.25) is 0 Å². The van der Waals surface area contributed by atoms with Crippen LogP contribution in [0.4, 0.5) is 5.95 Å². The number of nitrogens with zero attached hydrogens (tertiary/aromatic N) is 3. The van der Waals surface area contributed by atoms with Crippen LogP contribution in [0, 0.1) is 6.92 Å². The van der Waals surface area contributed by atoms with Crippen molar-refractivity contribution in [3.63, 3.8) is 0 Å². The third-order valence-corrected chi connectivity index (χ3v) is 3.37. The lowest BCUT2D eigenvalue weighted by molar-refractivity contribution is 0.0994. The van der Waals surface area contributed by atoms with Crippen molar-refractivity contribution in [3.8, 4) is 0 Å². The van der Waals surface area contributed by atoms with Gasteiger partial charge in [-0.3, -0.25) is 0 Å². The van der Waals surface area contributed by atoms with Gasteiger partial charge in [-0.2, -0.15) is 4.98 Å². The Hall–Kier alpha value is -1.62. The standard InChI is InChI=1S/C13H18N4O/c1-9-5-6-17-12(8-9)15-13(16-17)14-10(2)11-4-3-7-18-11/h5-6,8,10-11H,3-4,7H2,1-2H3,(H,14,16). The monoisotopic (exact) mass is 246 g/mol. The van der Waals surface area contributed by atoms with Gasteiger partial charge < -0.3 is 10.1 Å². The number of hydrogen-bond donors (Lipinski definition) is 1. The molecular formula is C13H18N4O. The first-order chi connectivity index (χ1) is 8.72. The SMILES string of the molecule is Cc1ccn2nc(NC(C)C3CCCO3)nc2c1. The highest BCUT2D eigenvalue weighted by atomic mass is 16.5. The van der Waals surface area contributed by atoms with E-state index in [-0.39, 0.29) is 12.1 Å². The van der Waals surface area contributed by atoms with E-state index in [9.17, 15) is 0 Å². The van der Waals surface area contributed by atoms with Gasteiger partial charge >= 0.3 is 0 Å². The van der Waals surface area contributed by atoms with E-state index in [1.807, 2.05) is 18.3 Å². The van der Waals surface area contributed by atoms with Crippen LogP contribution in [0.5, 0.6) is 0 Å². The second-order valence-electron chi connectivity index (χ2n) is 4.93. The lowest BCUT2D eigenvalue weighted by Gasteiger charge is -2.18. The van der Waals surface area contributed by atoms with Crippen LogP contribution in [0.25, 0.3) is 5.65 Å². The molecule has 2 atom stereocenters. The number of fused-ring (bicyclic) bond motifs is 1. The molecule has 0 aliphatic carbocycles. The Labute approximate surface area is 106 Å². The zero-order chi connectivity index (χ0) is 12.5. The van der Waals surface area contributed by atoms with E-state index in [1.165, 1.54) is 5.56 Å². The minimum atomic E-state index is 0.242. The molecule has 0 aromatic carbocycles. The van der Waals surface area contributed by atoms with Gasteiger partial charge in [-0.25, -0.2) is 4.52 Å². The number of hydrogen-bond acceptors (Lipinski definition) is 4. The van der Waals surface area contributed by atoms with Crippen molar-refractivity contribution in [3.05, 3.63) is 23.9 Å². The Kier molecular flexibility index (Phi) is 2.91. The first-order valence-corrected chi connectivity index (χ1v) is 6.43. The summed E-state index contributed by atoms with van der Waals surface area (Å²) in [6.45, 7) is 5.04. The number of aromatic nitrogens is 3. The van der Waals surface area contributed by atoms with Gasteiger partial charge in [-0.05, 0) is 44.4 Å². The number of anilines is 1. The van der Waals surface area contributed by atoms with Crippen LogP contribution >= 0.6 is 0 Å². The normalized spacial score (nSPS) is 21.3. The van der Waals surface area contributed by atoms with Crippen molar-refractivity contribution >= 4 is 11.6 Å². The molecule has 5 heteroatoms. The minimum absolute atomic E-state index is 0.242. The van der Waals surface area contributed by atoms with E-state index < -0.39 is 0 Å². The predicted molar refractivity (Wildman–Crippen MR) is 69.8 cm³/mol. The van der Waals surface area contributed by atoms with Gasteiger partial charge in [0.05, 0.1) is 12.1 Å². The van der Waals surface area contributed by atoms with Crippen molar-refractivity contribution in [2.45, 2.75) is 38.8 Å². The van der Waals surface area contributed by atoms with Crippen LogP contribution in [0.1, 0.15) is 25.3 Å². The summed E-state index contributed by atoms with van der Waals surface area (Å²) in [6, 6.07) is 4.29. The van der Waals surface area contributed by atoms with E-state index in [2.05, 4.69) is 29.2 Å². The molecule has 1 fully saturated rings. The first kappa shape index (κ1) is 11.5. The van der Waals surface area contributed by atoms with Crippen LogP contribution < -0.4 is 5.32 Å². The molecule has 2 unspecified atom stereocenters. The summed E-state index contributed by atoms with van der Waals surface area (Å²) in [5.41, 5.74) is 2.06. The molecule has 5 nitrogen and oxygen atoms in total. The van der Waals surface area contributed by atoms with E-state index in [0.29, 0.717) is 5.95 Å². The van der Waals surface area contributed by atoms with E-state index in [0.717, 1.165) is 25.1 Å². The number of ether oxygens (including phenoxy) is 1. The summed E-state index contributed by atoms with van der Waals surface area (Å²) in [4.78, 5) is 4.47. The maximum absolute atomic E-state index is 5.66. The Morgan fingerprint density at radius 1 is 1.56 bits per heavy atom. The summed E-state index contributed by atoms with van der Waals surface area (Å²) in [5.74, 6) is 0.670. The second kappa shape index (κ2) is 4.57. The molecule has 0 radical (unpaired) electrons. The third-order valence-electron chi connectivity index (χ3n) is 3.37. The fourth-order valence-corrected chi connectivity index (χ4v) is 2.34. The molecule has 0 spiro atoms. The molecule has 1 N–H and O–H groups in total. The molecule has 1 saturated heterocycles. The van der Waals surface area contributed by atoms with Gasteiger partial charge in [0, 0.05) is 12.8 Å². The van der Waals surface area contributed by atoms with Crippen molar-refractivity contribution in [2.24, 2.45) is 0 Å². The van der Waals surface area contributed by atoms with Crippen LogP contribution in [0.3, 0.4) is 0 Å². The van der Waals surface area contributed by atoms with E-state index in [1.54, 1.807) is 4.52 Å². The molecule has 0 amide bonds. The summed E-state index contributed by atoms with van der Waals surface area (Å²) in [6.07, 6.45) is 4.47. The van der Waals surface area contributed by atoms with Crippen LogP contribution in [0.15, 0.2) is 18.3 Å². The lowest BCUT2D eigenvalue weighted by Crippen LogP contribution is -2.30. The van der Waals surface area contributed by atoms with Crippen molar-refractivity contribution in [1.82, 2.24) is 14.6 Å². The smallest absolute Gasteiger partial charge is 0.243 e. The number of aryl methyl sites for hydroxylation is 1. The molecule has 0 saturated carbocycles. The molecule has 18 heavy (non-hydrogen) atoms. The molecule has 1 aliphatic rings. The summed E-state index contributed by atoms with van der Waals surface area (Å²) in [5, 5.41) is 7.73. The fourth-order valence-electron chi connectivity index (χ4n) is 2.34. The molecule has 3 heterocycles. The van der Waals surface area contributed by atoms with Gasteiger partial charge in [0.2, 0.25) is 5.95 Å². The van der Waals surface area contributed by atoms with Gasteiger partial charge in [0.25, 0.3) is 0 Å². The highest BCUT2D eigenvalue weighted by molar-refractivity contribution is 5.45. The van der Waals surface area contributed by atoms with Gasteiger partial charge in [0.15, 0.2) is 5.65 Å². The van der Waals surface area contributed by atoms with Gasteiger partial charge in [-0.15, -0.1) is 5.10 Å². The average Bonchev–Trinajstić information content (AvgIpc) is 2.95. The third kappa shape index (κ3) is 2.18. The van der Waals surface area contributed by atoms with E-state index in [4.69, 9.17) is 4.74 Å². The number of nitrogens with one attached hydrogen (secondary N) is 1. The highest BCUT2D eigenvalue weighted by Crippen LogP contribution is 2.18. The minimum Gasteiger partial charge on any atom is -0.376 e. The zero-order valence-corrected chi connectivity index (χ0v) is 10.8. The maximum atomic E-state index is 5.66. The predicted octanol–water partition coefficient (Wildman–Crippen LogP) is 2.02. The van der Waals surface area contributed by atoms with Gasteiger partial charge in [0.1, 0.15) is 0 Å². The summed E-state index contributed by atoms with van der Waals surface area (Å²) < 4.78 is 7.44. The molecule has 96 valence electrons. The quantitative estimate of drug-likeness (QED) is 0.900.